The van der Waals surface area contributed by atoms with Gasteiger partial charge in [0.25, 0.3) is 5.91 Å². The first-order chi connectivity index (χ1) is 13.9. The smallest absolute Gasteiger partial charge is 0.393 e. The van der Waals surface area contributed by atoms with Crippen molar-refractivity contribution in [1.29, 1.82) is 0 Å². The van der Waals surface area contributed by atoms with Crippen LogP contribution < -0.4 is 11.1 Å². The van der Waals surface area contributed by atoms with Crippen LogP contribution in [0.25, 0.3) is 0 Å². The Hall–Kier alpha value is -2.59. The molecule has 1 aromatic carbocycles. The molecule has 1 fully saturated rings. The average molecular weight is 426 g/mol. The van der Waals surface area contributed by atoms with Crippen molar-refractivity contribution in [3.63, 3.8) is 0 Å². The molecule has 5 N–H and O–H groups in total. The number of carbonyl (C=O) groups excluding carboxylic acids is 1. The standard InChI is InChI=1S/C20H25F3N4O3/c1-11-9-14(28)7-8-16(11)27-10-15(17(24)29)18(26-27)25-13-5-3-12(4-6-13)19(2,30)20(21,22)23/h3-6,10-11,14,16,28,30H,7-9H2,1-2H3,(H2,24,29)(H,25,26). The number of benzene rings is 1. The summed E-state index contributed by atoms with van der Waals surface area (Å²) in [5.41, 5.74) is 2.72. The molecule has 1 saturated carbocycles. The van der Waals surface area contributed by atoms with E-state index in [1.165, 1.54) is 12.1 Å². The van der Waals surface area contributed by atoms with Gasteiger partial charge in [-0.3, -0.25) is 9.48 Å². The number of carbonyl (C=O) groups is 1. The molecule has 1 aliphatic carbocycles. The van der Waals surface area contributed by atoms with Gasteiger partial charge in [-0.1, -0.05) is 19.1 Å². The first kappa shape index (κ1) is 22.1. The van der Waals surface area contributed by atoms with Crippen molar-refractivity contribution in [2.45, 2.75) is 57.0 Å². The van der Waals surface area contributed by atoms with Crippen molar-refractivity contribution in [3.8, 4) is 0 Å². The van der Waals surface area contributed by atoms with Crippen LogP contribution in [-0.2, 0) is 5.60 Å². The first-order valence-corrected chi connectivity index (χ1v) is 9.64. The second kappa shape index (κ2) is 7.92. The van der Waals surface area contributed by atoms with E-state index in [4.69, 9.17) is 5.73 Å². The number of amides is 1. The molecular formula is C20H25F3N4O3. The molecule has 1 aromatic heterocycles. The lowest BCUT2D eigenvalue weighted by Gasteiger charge is -2.31. The van der Waals surface area contributed by atoms with Gasteiger partial charge in [-0.25, -0.2) is 0 Å². The van der Waals surface area contributed by atoms with Crippen LogP contribution >= 0.6 is 0 Å². The number of halogens is 3. The summed E-state index contributed by atoms with van der Waals surface area (Å²) in [6.45, 7) is 2.68. The number of aromatic nitrogens is 2. The lowest BCUT2D eigenvalue weighted by atomic mass is 9.84. The fourth-order valence-electron chi connectivity index (χ4n) is 3.76. The zero-order valence-electron chi connectivity index (χ0n) is 16.6. The Balaban J connectivity index is 1.84. The van der Waals surface area contributed by atoms with E-state index < -0.39 is 17.7 Å². The molecule has 0 spiro atoms. The number of anilines is 2. The molecule has 1 heterocycles. The molecule has 164 valence electrons. The van der Waals surface area contributed by atoms with Gasteiger partial charge in [0.15, 0.2) is 11.4 Å². The van der Waals surface area contributed by atoms with E-state index in [0.717, 1.165) is 12.1 Å². The third-order valence-corrected chi connectivity index (χ3v) is 5.70. The number of alkyl halides is 3. The summed E-state index contributed by atoms with van der Waals surface area (Å²) in [6.07, 6.45) is -1.67. The minimum absolute atomic E-state index is 0.00805. The van der Waals surface area contributed by atoms with E-state index in [9.17, 15) is 28.2 Å². The minimum atomic E-state index is -4.82. The Kier molecular flexibility index (Phi) is 5.83. The number of hydrogen-bond acceptors (Lipinski definition) is 5. The van der Waals surface area contributed by atoms with Crippen LogP contribution in [-0.4, -0.2) is 38.2 Å². The highest BCUT2D eigenvalue weighted by Crippen LogP contribution is 2.39. The van der Waals surface area contributed by atoms with E-state index in [2.05, 4.69) is 10.4 Å². The second-order valence-electron chi connectivity index (χ2n) is 8.02. The molecule has 7 nitrogen and oxygen atoms in total. The van der Waals surface area contributed by atoms with Crippen LogP contribution in [0.15, 0.2) is 30.5 Å². The van der Waals surface area contributed by atoms with Crippen molar-refractivity contribution >= 4 is 17.4 Å². The van der Waals surface area contributed by atoms with Crippen molar-refractivity contribution in [2.75, 3.05) is 5.32 Å². The quantitative estimate of drug-likeness (QED) is 0.586. The van der Waals surface area contributed by atoms with Crippen molar-refractivity contribution in [3.05, 3.63) is 41.6 Å². The summed E-state index contributed by atoms with van der Waals surface area (Å²) in [6, 6.07) is 5.02. The highest BCUT2D eigenvalue weighted by molar-refractivity contribution is 5.98. The molecule has 4 atom stereocenters. The van der Waals surface area contributed by atoms with E-state index in [1.807, 2.05) is 6.92 Å². The van der Waals surface area contributed by atoms with Gasteiger partial charge in [0.05, 0.1) is 12.1 Å². The van der Waals surface area contributed by atoms with E-state index >= 15 is 0 Å². The molecule has 2 aromatic rings. The Morgan fingerprint density at radius 1 is 1.27 bits per heavy atom. The number of hydrogen-bond donors (Lipinski definition) is 4. The van der Waals surface area contributed by atoms with E-state index in [1.54, 1.807) is 10.9 Å². The zero-order valence-corrected chi connectivity index (χ0v) is 16.6. The third-order valence-electron chi connectivity index (χ3n) is 5.70. The monoisotopic (exact) mass is 426 g/mol. The summed E-state index contributed by atoms with van der Waals surface area (Å²) in [5, 5.41) is 26.9. The topological polar surface area (TPSA) is 113 Å². The summed E-state index contributed by atoms with van der Waals surface area (Å²) in [4.78, 5) is 11.9. The van der Waals surface area contributed by atoms with Gasteiger partial charge >= 0.3 is 6.18 Å². The van der Waals surface area contributed by atoms with Gasteiger partial charge in [-0.05, 0) is 49.8 Å². The van der Waals surface area contributed by atoms with E-state index in [-0.39, 0.29) is 35.0 Å². The lowest BCUT2D eigenvalue weighted by Crippen LogP contribution is -2.39. The SMILES string of the molecule is CC1CC(O)CCC1n1cc(C(N)=O)c(Nc2ccc(C(C)(O)C(F)(F)F)cc2)n1. The van der Waals surface area contributed by atoms with Gasteiger partial charge in [0, 0.05) is 11.9 Å². The molecule has 10 heteroatoms. The molecule has 0 radical (unpaired) electrons. The number of nitrogens with one attached hydrogen (secondary N) is 1. The van der Waals surface area contributed by atoms with Crippen LogP contribution in [0.4, 0.5) is 24.7 Å². The summed E-state index contributed by atoms with van der Waals surface area (Å²) in [5.74, 6) is -0.355. The Bertz CT molecular complexity index is 909. The maximum atomic E-state index is 13.0. The fraction of sp³-hybridized carbons (Fsp3) is 0.500. The van der Waals surface area contributed by atoms with Crippen LogP contribution in [0, 0.1) is 5.92 Å². The largest absolute Gasteiger partial charge is 0.421 e. The molecule has 0 bridgehead atoms. The first-order valence-electron chi connectivity index (χ1n) is 9.64. The highest BCUT2D eigenvalue weighted by atomic mass is 19.4. The normalized spacial score (nSPS) is 24.3. The molecule has 0 aliphatic heterocycles. The van der Waals surface area contributed by atoms with Crippen molar-refractivity contribution < 1.29 is 28.2 Å². The van der Waals surface area contributed by atoms with Crippen molar-refractivity contribution in [2.24, 2.45) is 11.7 Å². The zero-order chi connectivity index (χ0) is 22.3. The van der Waals surface area contributed by atoms with Gasteiger partial charge < -0.3 is 21.3 Å². The molecule has 3 rings (SSSR count). The summed E-state index contributed by atoms with van der Waals surface area (Å²) < 4.78 is 40.6. The number of rotatable bonds is 5. The number of aliphatic hydroxyl groups is 2. The Morgan fingerprint density at radius 2 is 1.90 bits per heavy atom. The van der Waals surface area contributed by atoms with Crippen LogP contribution in [0.3, 0.4) is 0 Å². The van der Waals surface area contributed by atoms with Crippen LogP contribution in [0.1, 0.15) is 55.1 Å². The number of nitrogens with two attached hydrogens (primary N) is 1. The van der Waals surface area contributed by atoms with Crippen LogP contribution in [0.2, 0.25) is 0 Å². The highest BCUT2D eigenvalue weighted by Gasteiger charge is 2.51. The second-order valence-corrected chi connectivity index (χ2v) is 8.02. The predicted molar refractivity (Wildman–Crippen MR) is 104 cm³/mol. The molecule has 4 unspecified atom stereocenters. The number of nitrogens with zero attached hydrogens (tertiary/aromatic N) is 2. The molecular weight excluding hydrogens is 401 g/mol. The fourth-order valence-corrected chi connectivity index (χ4v) is 3.76. The Labute approximate surface area is 171 Å². The van der Waals surface area contributed by atoms with Crippen molar-refractivity contribution in [1.82, 2.24) is 9.78 Å². The maximum Gasteiger partial charge on any atom is 0.421 e. The summed E-state index contributed by atoms with van der Waals surface area (Å²) in [7, 11) is 0. The molecule has 1 amide bonds. The minimum Gasteiger partial charge on any atom is -0.393 e. The summed E-state index contributed by atoms with van der Waals surface area (Å²) >= 11 is 0. The number of aliphatic hydroxyl groups excluding tert-OH is 1. The lowest BCUT2D eigenvalue weighted by molar-refractivity contribution is -0.258. The van der Waals surface area contributed by atoms with Gasteiger partial charge in [0.2, 0.25) is 0 Å². The van der Waals surface area contributed by atoms with Gasteiger partial charge in [-0.2, -0.15) is 18.3 Å². The van der Waals surface area contributed by atoms with Gasteiger partial charge in [-0.15, -0.1) is 0 Å². The Morgan fingerprint density at radius 3 is 2.43 bits per heavy atom. The third kappa shape index (κ3) is 4.29. The predicted octanol–water partition coefficient (Wildman–Crippen LogP) is 3.22. The van der Waals surface area contributed by atoms with Gasteiger partial charge in [0.1, 0.15) is 5.56 Å². The molecule has 1 aliphatic rings. The molecule has 0 saturated heterocycles. The van der Waals surface area contributed by atoms with Crippen LogP contribution in [0.5, 0.6) is 0 Å². The average Bonchev–Trinajstić information content (AvgIpc) is 3.05. The maximum absolute atomic E-state index is 13.0. The molecule has 30 heavy (non-hydrogen) atoms. The number of primary amides is 1. The van der Waals surface area contributed by atoms with E-state index in [0.29, 0.717) is 31.9 Å².